The molecule has 43 heavy (non-hydrogen) atoms. The fourth-order valence-corrected chi connectivity index (χ4v) is 5.66. The smallest absolute Gasteiger partial charge is 1.00 e. The second-order valence-corrected chi connectivity index (χ2v) is 11.4. The Bertz CT molecular complexity index is 1780. The molecule has 0 spiro atoms. The van der Waals surface area contributed by atoms with Crippen LogP contribution in [0.5, 0.6) is 5.75 Å². The molecule has 1 aromatic heterocycles. The predicted octanol–water partition coefficient (Wildman–Crippen LogP) is -2.15. The predicted molar refractivity (Wildman–Crippen MR) is 160 cm³/mol. The van der Waals surface area contributed by atoms with E-state index in [4.69, 9.17) is 21.4 Å². The molecule has 0 atom stereocenters. The molecule has 0 aliphatic carbocycles. The summed E-state index contributed by atoms with van der Waals surface area (Å²) in [5.41, 5.74) is 18.3. The number of hydrogen-bond donors (Lipinski definition) is 4. The van der Waals surface area contributed by atoms with Gasteiger partial charge in [0.1, 0.15) is 21.2 Å². The van der Waals surface area contributed by atoms with Crippen molar-refractivity contribution >= 4 is 49.7 Å². The first-order valence-electron chi connectivity index (χ1n) is 12.3. The van der Waals surface area contributed by atoms with Crippen molar-refractivity contribution in [3.05, 3.63) is 89.0 Å². The van der Waals surface area contributed by atoms with Crippen LogP contribution in [0, 0.1) is 0 Å². The molecular weight excluding hydrogens is 614 g/mol. The van der Waals surface area contributed by atoms with Gasteiger partial charge in [-0.3, -0.25) is 4.55 Å². The van der Waals surface area contributed by atoms with E-state index in [1.165, 1.54) is 36.4 Å². The zero-order valence-corrected chi connectivity index (χ0v) is 29.9. The van der Waals surface area contributed by atoms with Crippen molar-refractivity contribution < 1.29 is 87.5 Å². The third kappa shape index (κ3) is 10.3. The maximum Gasteiger partial charge on any atom is 1.00 e. The van der Waals surface area contributed by atoms with E-state index >= 15 is 0 Å². The summed E-state index contributed by atoms with van der Waals surface area (Å²) in [6.45, 7) is 3.94. The standard InChI is InChI=1S/C24H24O6S2.C3H6N6.2Na.2H/c1-3-18-12-9-13-22(21(18)4-2)30-32(28,29)24-15-8-6-11-20(24)17-16-19-10-5-7-14-23(19)31(25,26)27;4-1-2(5)7-9-8-3(1)6;;;;/h5-17H,3-4H2,1-2H3,(H,25,26,27);(H2,4,9)(H4,5,6,7,8);;;;/q;;2*+1;2*-1/b17-16+;;;;;. The molecule has 0 aliphatic heterocycles. The Morgan fingerprint density at radius 1 is 0.767 bits per heavy atom. The average molecular weight is 647 g/mol. The fraction of sp³-hybridized carbons (Fsp3) is 0.148. The van der Waals surface area contributed by atoms with Crippen LogP contribution in [-0.2, 0) is 33.1 Å². The van der Waals surface area contributed by atoms with Crippen molar-refractivity contribution in [1.29, 1.82) is 0 Å². The van der Waals surface area contributed by atoms with Crippen LogP contribution in [-0.4, -0.2) is 36.8 Å². The minimum Gasteiger partial charge on any atom is -1.00 e. The number of aromatic nitrogens is 3. The van der Waals surface area contributed by atoms with Gasteiger partial charge in [0.05, 0.1) is 0 Å². The summed E-state index contributed by atoms with van der Waals surface area (Å²) in [4.78, 5) is -0.318. The van der Waals surface area contributed by atoms with E-state index in [0.717, 1.165) is 17.5 Å². The van der Waals surface area contributed by atoms with E-state index in [1.807, 2.05) is 19.9 Å². The van der Waals surface area contributed by atoms with E-state index in [2.05, 4.69) is 15.4 Å². The number of nitrogens with two attached hydrogens (primary N) is 3. The number of anilines is 3. The van der Waals surface area contributed by atoms with Gasteiger partial charge in [-0.15, -0.1) is 10.2 Å². The average Bonchev–Trinajstić information content (AvgIpc) is 2.94. The van der Waals surface area contributed by atoms with Gasteiger partial charge in [-0.2, -0.15) is 16.8 Å². The Labute approximate surface area is 298 Å². The second kappa shape index (κ2) is 17.1. The molecule has 0 bridgehead atoms. The first-order chi connectivity index (χ1) is 19.4. The van der Waals surface area contributed by atoms with Gasteiger partial charge in [0.2, 0.25) is 0 Å². The maximum atomic E-state index is 13.1. The maximum absolute atomic E-state index is 13.1. The summed E-state index contributed by atoms with van der Waals surface area (Å²) in [6.07, 6.45) is 4.30. The molecular formula is C27H32N6Na2O6S2. The first kappa shape index (κ1) is 38.5. The van der Waals surface area contributed by atoms with Crippen LogP contribution < -0.4 is 80.5 Å². The molecule has 0 unspecified atom stereocenters. The van der Waals surface area contributed by atoms with Gasteiger partial charge < -0.3 is 24.2 Å². The van der Waals surface area contributed by atoms with E-state index in [9.17, 15) is 21.4 Å². The summed E-state index contributed by atoms with van der Waals surface area (Å²) in [5, 5.41) is 9.92. The third-order valence-electron chi connectivity index (χ3n) is 5.85. The Kier molecular flexibility index (Phi) is 15.3. The largest absolute Gasteiger partial charge is 1.00 e. The van der Waals surface area contributed by atoms with Crippen molar-refractivity contribution in [3.8, 4) is 5.75 Å². The van der Waals surface area contributed by atoms with Crippen molar-refractivity contribution in [2.24, 2.45) is 0 Å². The van der Waals surface area contributed by atoms with Gasteiger partial charge in [-0.05, 0) is 58.5 Å². The Balaban J connectivity index is 0. The first-order valence-corrected chi connectivity index (χ1v) is 15.1. The summed E-state index contributed by atoms with van der Waals surface area (Å²) >= 11 is 0. The van der Waals surface area contributed by atoms with Crippen LogP contribution in [0.15, 0.2) is 76.5 Å². The van der Waals surface area contributed by atoms with E-state index in [1.54, 1.807) is 36.4 Å². The van der Waals surface area contributed by atoms with Gasteiger partial charge in [0, 0.05) is 0 Å². The van der Waals surface area contributed by atoms with Crippen molar-refractivity contribution in [3.63, 3.8) is 0 Å². The molecule has 0 saturated carbocycles. The Morgan fingerprint density at radius 2 is 1.28 bits per heavy atom. The summed E-state index contributed by atoms with van der Waals surface area (Å²) < 4.78 is 64.5. The van der Waals surface area contributed by atoms with Crippen LogP contribution >= 0.6 is 0 Å². The molecule has 1 heterocycles. The molecule has 12 nitrogen and oxygen atoms in total. The SMILES string of the molecule is CCc1cccc(OS(=O)(=O)c2ccccc2/C=C/c2ccccc2S(=O)(=O)O)c1CC.Nc1nnnc(N)c1N.[H-].[H-].[Na+].[Na+]. The van der Waals surface area contributed by atoms with Crippen molar-refractivity contribution in [2.45, 2.75) is 36.5 Å². The Hall–Kier alpha value is -2.53. The fourth-order valence-electron chi connectivity index (χ4n) is 3.82. The topological polar surface area (TPSA) is 214 Å². The van der Waals surface area contributed by atoms with Gasteiger partial charge >= 0.3 is 69.2 Å². The number of hydrogen-bond acceptors (Lipinski definition) is 11. The number of aryl methyl sites for hydroxylation is 1. The molecule has 4 aromatic rings. The van der Waals surface area contributed by atoms with Crippen molar-refractivity contribution in [2.75, 3.05) is 17.2 Å². The summed E-state index contributed by atoms with van der Waals surface area (Å²) in [5.74, 6) is 0.521. The van der Waals surface area contributed by atoms with Crippen LogP contribution in [0.1, 0.15) is 39.0 Å². The summed E-state index contributed by atoms with van der Waals surface area (Å²) in [6, 6.07) is 17.5. The number of benzene rings is 3. The molecule has 7 N–H and O–H groups in total. The Morgan fingerprint density at radius 3 is 1.77 bits per heavy atom. The molecule has 220 valence electrons. The van der Waals surface area contributed by atoms with E-state index in [-0.39, 0.29) is 94.6 Å². The van der Waals surface area contributed by atoms with Crippen molar-refractivity contribution in [1.82, 2.24) is 15.4 Å². The number of nitrogen functional groups attached to an aromatic ring is 3. The molecule has 16 heteroatoms. The van der Waals surface area contributed by atoms with Gasteiger partial charge in [-0.25, -0.2) is 0 Å². The van der Waals surface area contributed by atoms with Gasteiger partial charge in [0.15, 0.2) is 11.6 Å². The van der Waals surface area contributed by atoms with E-state index < -0.39 is 20.2 Å². The monoisotopic (exact) mass is 646 g/mol. The minimum atomic E-state index is -4.43. The quantitative estimate of drug-likeness (QED) is 0.0698. The van der Waals surface area contributed by atoms with Gasteiger partial charge in [-0.1, -0.05) is 74.5 Å². The molecule has 4 rings (SSSR count). The van der Waals surface area contributed by atoms with Gasteiger partial charge in [0.25, 0.3) is 10.1 Å². The second-order valence-electron chi connectivity index (χ2n) is 8.50. The minimum absolute atomic E-state index is 0. The number of rotatable bonds is 8. The molecule has 0 fully saturated rings. The van der Waals surface area contributed by atoms with Crippen LogP contribution in [0.4, 0.5) is 17.3 Å². The summed E-state index contributed by atoms with van der Waals surface area (Å²) in [7, 11) is -8.59. The number of nitrogens with zero attached hydrogens (tertiary/aromatic N) is 3. The third-order valence-corrected chi connectivity index (χ3v) is 8.09. The molecule has 3 aromatic carbocycles. The van der Waals surface area contributed by atoms with Crippen LogP contribution in [0.25, 0.3) is 12.2 Å². The van der Waals surface area contributed by atoms with Crippen LogP contribution in [0.3, 0.4) is 0 Å². The molecule has 0 saturated heterocycles. The molecule has 0 aliphatic rings. The normalized spacial score (nSPS) is 11.0. The van der Waals surface area contributed by atoms with E-state index in [0.29, 0.717) is 17.7 Å². The molecule has 0 amide bonds. The zero-order chi connectivity index (χ0) is 30.2. The van der Waals surface area contributed by atoms with Crippen LogP contribution in [0.2, 0.25) is 0 Å². The zero-order valence-electron chi connectivity index (χ0n) is 26.3. The molecule has 0 radical (unpaired) electrons.